The Morgan fingerprint density at radius 2 is 1.86 bits per heavy atom. The van der Waals surface area contributed by atoms with Crippen molar-refractivity contribution in [3.8, 4) is 0 Å². The summed E-state index contributed by atoms with van der Waals surface area (Å²) in [6.07, 6.45) is 0. The van der Waals surface area contributed by atoms with Crippen LogP contribution in [0, 0.1) is 18.6 Å². The first kappa shape index (κ1) is 15.6. The number of carbonyl (C=O) groups is 2. The van der Waals surface area contributed by atoms with E-state index in [-0.39, 0.29) is 11.3 Å². The zero-order valence-electron chi connectivity index (χ0n) is 11.7. The van der Waals surface area contributed by atoms with Crippen molar-refractivity contribution >= 4 is 17.6 Å². The molecule has 22 heavy (non-hydrogen) atoms. The zero-order chi connectivity index (χ0) is 16.1. The fraction of sp³-hybridized carbons (Fsp3) is 0.125. The zero-order valence-corrected chi connectivity index (χ0v) is 11.7. The van der Waals surface area contributed by atoms with Crippen molar-refractivity contribution in [2.24, 2.45) is 0 Å². The standard InChI is InChI=1S/C16H13F2NO3/c1-10-6-7-11(17)8-14(10)19-15(20)9-22-16(21)12-4-2-3-5-13(12)18/h2-8H,9H2,1H3,(H,19,20). The van der Waals surface area contributed by atoms with Crippen molar-refractivity contribution in [3.63, 3.8) is 0 Å². The molecule has 0 fully saturated rings. The van der Waals surface area contributed by atoms with Crippen LogP contribution in [0.5, 0.6) is 0 Å². The Morgan fingerprint density at radius 3 is 2.59 bits per heavy atom. The second kappa shape index (κ2) is 6.80. The largest absolute Gasteiger partial charge is 0.452 e. The summed E-state index contributed by atoms with van der Waals surface area (Å²) in [6, 6.07) is 9.23. The summed E-state index contributed by atoms with van der Waals surface area (Å²) < 4.78 is 31.2. The Kier molecular flexibility index (Phi) is 4.83. The molecule has 0 aliphatic rings. The monoisotopic (exact) mass is 305 g/mol. The Labute approximate surface area is 125 Å². The van der Waals surface area contributed by atoms with Crippen LogP contribution >= 0.6 is 0 Å². The van der Waals surface area contributed by atoms with Crippen molar-refractivity contribution in [2.45, 2.75) is 6.92 Å². The molecular formula is C16H13F2NO3. The first-order chi connectivity index (χ1) is 10.5. The molecule has 0 saturated heterocycles. The number of ether oxygens (including phenoxy) is 1. The molecule has 1 amide bonds. The lowest BCUT2D eigenvalue weighted by atomic mass is 10.2. The lowest BCUT2D eigenvalue weighted by molar-refractivity contribution is -0.119. The summed E-state index contributed by atoms with van der Waals surface area (Å²) in [7, 11) is 0. The average molecular weight is 305 g/mol. The van der Waals surface area contributed by atoms with Crippen molar-refractivity contribution in [1.29, 1.82) is 0 Å². The fourth-order valence-electron chi connectivity index (χ4n) is 1.75. The van der Waals surface area contributed by atoms with E-state index in [4.69, 9.17) is 4.74 Å². The van der Waals surface area contributed by atoms with Gasteiger partial charge >= 0.3 is 5.97 Å². The number of aryl methyl sites for hydroxylation is 1. The number of carbonyl (C=O) groups excluding carboxylic acids is 2. The number of rotatable bonds is 4. The summed E-state index contributed by atoms with van der Waals surface area (Å²) >= 11 is 0. The lowest BCUT2D eigenvalue weighted by Gasteiger charge is -2.09. The van der Waals surface area contributed by atoms with E-state index in [0.717, 1.165) is 12.1 Å². The highest BCUT2D eigenvalue weighted by Crippen LogP contribution is 2.16. The van der Waals surface area contributed by atoms with E-state index in [1.807, 2.05) is 0 Å². The highest BCUT2D eigenvalue weighted by molar-refractivity contribution is 5.95. The second-order valence-corrected chi connectivity index (χ2v) is 4.56. The van der Waals surface area contributed by atoms with Gasteiger partial charge in [0.2, 0.25) is 0 Å². The van der Waals surface area contributed by atoms with E-state index in [1.54, 1.807) is 6.92 Å². The molecule has 1 N–H and O–H groups in total. The molecule has 0 saturated carbocycles. The van der Waals surface area contributed by atoms with Crippen LogP contribution in [-0.4, -0.2) is 18.5 Å². The molecule has 4 nitrogen and oxygen atoms in total. The number of esters is 1. The van der Waals surface area contributed by atoms with Gasteiger partial charge in [0.05, 0.1) is 5.56 Å². The van der Waals surface area contributed by atoms with Gasteiger partial charge in [-0.25, -0.2) is 13.6 Å². The smallest absolute Gasteiger partial charge is 0.341 e. The maximum Gasteiger partial charge on any atom is 0.341 e. The van der Waals surface area contributed by atoms with E-state index >= 15 is 0 Å². The number of nitrogens with one attached hydrogen (secondary N) is 1. The number of amides is 1. The van der Waals surface area contributed by atoms with Gasteiger partial charge in [0.1, 0.15) is 11.6 Å². The average Bonchev–Trinajstić information content (AvgIpc) is 2.49. The minimum Gasteiger partial charge on any atom is -0.452 e. The second-order valence-electron chi connectivity index (χ2n) is 4.56. The van der Waals surface area contributed by atoms with Gasteiger partial charge in [-0.2, -0.15) is 0 Å². The summed E-state index contributed by atoms with van der Waals surface area (Å²) in [6.45, 7) is 1.10. The van der Waals surface area contributed by atoms with Gasteiger partial charge in [0.25, 0.3) is 5.91 Å². The molecule has 0 aromatic heterocycles. The van der Waals surface area contributed by atoms with E-state index < -0.39 is 30.1 Å². The molecule has 0 aliphatic heterocycles. The lowest BCUT2D eigenvalue weighted by Crippen LogP contribution is -2.21. The molecule has 0 atom stereocenters. The Balaban J connectivity index is 1.94. The summed E-state index contributed by atoms with van der Waals surface area (Å²) in [5, 5.41) is 2.42. The van der Waals surface area contributed by atoms with Gasteiger partial charge in [-0.1, -0.05) is 18.2 Å². The van der Waals surface area contributed by atoms with Crippen molar-refractivity contribution in [1.82, 2.24) is 0 Å². The maximum atomic E-state index is 13.4. The summed E-state index contributed by atoms with van der Waals surface area (Å²) in [4.78, 5) is 23.3. The minimum absolute atomic E-state index is 0.253. The Morgan fingerprint density at radius 1 is 1.14 bits per heavy atom. The first-order valence-corrected chi connectivity index (χ1v) is 6.45. The third-order valence-electron chi connectivity index (χ3n) is 2.90. The van der Waals surface area contributed by atoms with Crippen molar-refractivity contribution < 1.29 is 23.1 Å². The number of halogens is 2. The number of anilines is 1. The molecular weight excluding hydrogens is 292 g/mol. The van der Waals surface area contributed by atoms with Crippen LogP contribution in [0.2, 0.25) is 0 Å². The van der Waals surface area contributed by atoms with Gasteiger partial charge in [-0.05, 0) is 36.8 Å². The van der Waals surface area contributed by atoms with E-state index in [9.17, 15) is 18.4 Å². The van der Waals surface area contributed by atoms with Gasteiger partial charge in [-0.3, -0.25) is 4.79 Å². The van der Waals surface area contributed by atoms with Crippen LogP contribution in [0.3, 0.4) is 0 Å². The number of hydrogen-bond donors (Lipinski definition) is 1. The SMILES string of the molecule is Cc1ccc(F)cc1NC(=O)COC(=O)c1ccccc1F. The van der Waals surface area contributed by atoms with Gasteiger partial charge in [0, 0.05) is 5.69 Å². The third kappa shape index (κ3) is 3.88. The van der Waals surface area contributed by atoms with E-state index in [2.05, 4.69) is 5.32 Å². The first-order valence-electron chi connectivity index (χ1n) is 6.45. The maximum absolute atomic E-state index is 13.4. The quantitative estimate of drug-likeness (QED) is 0.883. The molecule has 6 heteroatoms. The molecule has 0 heterocycles. The van der Waals surface area contributed by atoms with Crippen LogP contribution in [0.1, 0.15) is 15.9 Å². The van der Waals surface area contributed by atoms with Gasteiger partial charge in [0.15, 0.2) is 6.61 Å². The molecule has 2 aromatic rings. The van der Waals surface area contributed by atoms with E-state index in [0.29, 0.717) is 5.56 Å². The highest BCUT2D eigenvalue weighted by atomic mass is 19.1. The molecule has 0 bridgehead atoms. The van der Waals surface area contributed by atoms with Crippen LogP contribution in [-0.2, 0) is 9.53 Å². The molecule has 0 aliphatic carbocycles. The van der Waals surface area contributed by atoms with Gasteiger partial charge in [-0.15, -0.1) is 0 Å². The molecule has 114 valence electrons. The third-order valence-corrected chi connectivity index (χ3v) is 2.90. The number of benzene rings is 2. The molecule has 0 unspecified atom stereocenters. The van der Waals surface area contributed by atoms with Crippen LogP contribution in [0.25, 0.3) is 0 Å². The van der Waals surface area contributed by atoms with Crippen LogP contribution < -0.4 is 5.32 Å². The number of hydrogen-bond acceptors (Lipinski definition) is 3. The highest BCUT2D eigenvalue weighted by Gasteiger charge is 2.14. The Bertz CT molecular complexity index is 716. The van der Waals surface area contributed by atoms with Crippen molar-refractivity contribution in [3.05, 3.63) is 65.2 Å². The molecule has 0 spiro atoms. The molecule has 0 radical (unpaired) electrons. The molecule has 2 rings (SSSR count). The van der Waals surface area contributed by atoms with E-state index in [1.165, 1.54) is 30.3 Å². The Hall–Kier alpha value is -2.76. The van der Waals surface area contributed by atoms with Crippen LogP contribution in [0.15, 0.2) is 42.5 Å². The topological polar surface area (TPSA) is 55.4 Å². The summed E-state index contributed by atoms with van der Waals surface area (Å²) in [5.74, 6) is -2.80. The predicted molar refractivity (Wildman–Crippen MR) is 76.4 cm³/mol. The predicted octanol–water partition coefficient (Wildman–Crippen LogP) is 3.07. The summed E-state index contributed by atoms with van der Waals surface area (Å²) in [5.41, 5.74) is 0.694. The van der Waals surface area contributed by atoms with Crippen molar-refractivity contribution in [2.75, 3.05) is 11.9 Å². The molecule has 2 aromatic carbocycles. The van der Waals surface area contributed by atoms with Gasteiger partial charge < -0.3 is 10.1 Å². The van der Waals surface area contributed by atoms with Crippen LogP contribution in [0.4, 0.5) is 14.5 Å². The minimum atomic E-state index is -0.941. The fourth-order valence-corrected chi connectivity index (χ4v) is 1.75. The normalized spacial score (nSPS) is 10.1.